The van der Waals surface area contributed by atoms with E-state index in [0.717, 1.165) is 29.5 Å². The molecule has 0 saturated carbocycles. The van der Waals surface area contributed by atoms with Crippen LogP contribution in [0.5, 0.6) is 0 Å². The molecule has 0 spiro atoms. The van der Waals surface area contributed by atoms with Crippen molar-refractivity contribution in [2.24, 2.45) is 0 Å². The quantitative estimate of drug-likeness (QED) is 0.378. The smallest absolute Gasteiger partial charge is 0.254 e. The summed E-state index contributed by atoms with van der Waals surface area (Å²) in [6, 6.07) is 15.8. The summed E-state index contributed by atoms with van der Waals surface area (Å²) in [5.41, 5.74) is 3.71. The lowest BCUT2D eigenvalue weighted by atomic mass is 9.86. The molecule has 3 aromatic rings. The molecule has 4 nitrogen and oxygen atoms in total. The Morgan fingerprint density at radius 1 is 1.08 bits per heavy atom. The predicted molar refractivity (Wildman–Crippen MR) is 144 cm³/mol. The molecule has 1 aromatic heterocycles. The largest absolute Gasteiger partial charge is 0.330 e. The van der Waals surface area contributed by atoms with Gasteiger partial charge in [0.25, 0.3) is 5.91 Å². The zero-order valence-electron chi connectivity index (χ0n) is 21.8. The molecule has 2 aromatic carbocycles. The van der Waals surface area contributed by atoms with Crippen LogP contribution in [0.4, 0.5) is 4.39 Å². The number of hydrogen-bond acceptors (Lipinski definition) is 3. The maximum Gasteiger partial charge on any atom is 0.254 e. The molecule has 0 bridgehead atoms. The molecule has 36 heavy (non-hydrogen) atoms. The van der Waals surface area contributed by atoms with Gasteiger partial charge in [-0.2, -0.15) is 0 Å². The lowest BCUT2D eigenvalue weighted by Crippen LogP contribution is -2.49. The van der Waals surface area contributed by atoms with Gasteiger partial charge < -0.3 is 9.80 Å². The maximum absolute atomic E-state index is 13.8. The first-order valence-corrected chi connectivity index (χ1v) is 13.5. The van der Waals surface area contributed by atoms with Crippen molar-refractivity contribution >= 4 is 23.2 Å². The Bertz CT molecular complexity index is 1210. The summed E-state index contributed by atoms with van der Waals surface area (Å²) in [7, 11) is 0. The SMILES string of the molecule is CCC(C)N(CC(=O)N1CCc2sccc2C1c1ccc(F)cc1)C(=O)c1ccc(C(C)(C)C)cc1. The van der Waals surface area contributed by atoms with E-state index in [0.29, 0.717) is 12.1 Å². The van der Waals surface area contributed by atoms with Crippen molar-refractivity contribution in [3.63, 3.8) is 0 Å². The molecule has 0 fully saturated rings. The van der Waals surface area contributed by atoms with E-state index >= 15 is 0 Å². The van der Waals surface area contributed by atoms with Gasteiger partial charge in [-0.3, -0.25) is 9.59 Å². The summed E-state index contributed by atoms with van der Waals surface area (Å²) < 4.78 is 13.7. The molecular weight excluding hydrogens is 471 g/mol. The van der Waals surface area contributed by atoms with Gasteiger partial charge >= 0.3 is 0 Å². The van der Waals surface area contributed by atoms with E-state index in [4.69, 9.17) is 0 Å². The van der Waals surface area contributed by atoms with E-state index in [1.807, 2.05) is 48.4 Å². The molecule has 1 aliphatic rings. The Morgan fingerprint density at radius 3 is 2.36 bits per heavy atom. The van der Waals surface area contributed by atoms with Crippen LogP contribution in [0.25, 0.3) is 0 Å². The molecular formula is C30H35FN2O2S. The van der Waals surface area contributed by atoms with Crippen LogP contribution in [0.1, 0.15) is 79.0 Å². The third-order valence-electron chi connectivity index (χ3n) is 7.16. The number of rotatable bonds is 6. The van der Waals surface area contributed by atoms with Crippen LogP contribution in [-0.4, -0.2) is 40.7 Å². The number of carbonyl (C=O) groups is 2. The van der Waals surface area contributed by atoms with Crippen molar-refractivity contribution in [1.29, 1.82) is 0 Å². The van der Waals surface area contributed by atoms with Crippen LogP contribution >= 0.6 is 11.3 Å². The van der Waals surface area contributed by atoms with E-state index in [1.54, 1.807) is 28.4 Å². The molecule has 0 saturated heterocycles. The molecule has 2 amide bonds. The van der Waals surface area contributed by atoms with Gasteiger partial charge in [0.2, 0.25) is 5.91 Å². The van der Waals surface area contributed by atoms with Crippen molar-refractivity contribution in [3.05, 3.63) is 92.9 Å². The van der Waals surface area contributed by atoms with Gasteiger partial charge in [0.05, 0.1) is 6.04 Å². The molecule has 0 radical (unpaired) electrons. The van der Waals surface area contributed by atoms with E-state index in [1.165, 1.54) is 17.0 Å². The highest BCUT2D eigenvalue weighted by atomic mass is 32.1. The number of amides is 2. The lowest BCUT2D eigenvalue weighted by molar-refractivity contribution is -0.134. The average Bonchev–Trinajstić information content (AvgIpc) is 3.35. The van der Waals surface area contributed by atoms with Crippen molar-refractivity contribution in [1.82, 2.24) is 9.80 Å². The van der Waals surface area contributed by atoms with E-state index in [9.17, 15) is 14.0 Å². The molecule has 2 atom stereocenters. The van der Waals surface area contributed by atoms with E-state index in [2.05, 4.69) is 26.8 Å². The molecule has 2 heterocycles. The molecule has 0 N–H and O–H groups in total. The fourth-order valence-electron chi connectivity index (χ4n) is 4.75. The molecule has 1 aliphatic heterocycles. The first-order valence-electron chi connectivity index (χ1n) is 12.6. The van der Waals surface area contributed by atoms with Gasteiger partial charge in [-0.1, -0.05) is 52.0 Å². The van der Waals surface area contributed by atoms with Gasteiger partial charge in [-0.25, -0.2) is 4.39 Å². The average molecular weight is 507 g/mol. The summed E-state index contributed by atoms with van der Waals surface area (Å²) in [5, 5.41) is 2.05. The summed E-state index contributed by atoms with van der Waals surface area (Å²) in [6.45, 7) is 11.0. The number of nitrogens with zero attached hydrogens (tertiary/aromatic N) is 2. The van der Waals surface area contributed by atoms with Gasteiger partial charge in [0.1, 0.15) is 12.4 Å². The normalized spacial score (nSPS) is 16.4. The van der Waals surface area contributed by atoms with Crippen LogP contribution in [0.15, 0.2) is 60.0 Å². The van der Waals surface area contributed by atoms with E-state index in [-0.39, 0.29) is 41.7 Å². The Morgan fingerprint density at radius 2 is 1.75 bits per heavy atom. The highest BCUT2D eigenvalue weighted by molar-refractivity contribution is 7.10. The highest BCUT2D eigenvalue weighted by Gasteiger charge is 2.35. The second kappa shape index (κ2) is 10.6. The number of fused-ring (bicyclic) bond motifs is 1. The topological polar surface area (TPSA) is 40.6 Å². The third kappa shape index (κ3) is 5.39. The summed E-state index contributed by atoms with van der Waals surface area (Å²) in [6.07, 6.45) is 1.52. The van der Waals surface area contributed by atoms with Crippen LogP contribution in [0, 0.1) is 5.82 Å². The number of carbonyl (C=O) groups excluding carboxylic acids is 2. The number of halogens is 1. The van der Waals surface area contributed by atoms with Crippen LogP contribution in [0.2, 0.25) is 0 Å². The Balaban J connectivity index is 1.61. The molecule has 6 heteroatoms. The van der Waals surface area contributed by atoms with Gasteiger partial charge in [0, 0.05) is 23.0 Å². The summed E-state index contributed by atoms with van der Waals surface area (Å²) >= 11 is 1.69. The van der Waals surface area contributed by atoms with Crippen LogP contribution in [-0.2, 0) is 16.6 Å². The predicted octanol–water partition coefficient (Wildman–Crippen LogP) is 6.60. The Hall–Kier alpha value is -2.99. The lowest BCUT2D eigenvalue weighted by Gasteiger charge is -2.38. The molecule has 2 unspecified atom stereocenters. The fourth-order valence-corrected chi connectivity index (χ4v) is 5.66. The molecule has 4 rings (SSSR count). The minimum absolute atomic E-state index is 0.00191. The second-order valence-electron chi connectivity index (χ2n) is 10.6. The molecule has 190 valence electrons. The van der Waals surface area contributed by atoms with Crippen LogP contribution < -0.4 is 0 Å². The Labute approximate surface area is 217 Å². The minimum Gasteiger partial charge on any atom is -0.330 e. The van der Waals surface area contributed by atoms with Crippen LogP contribution in [0.3, 0.4) is 0 Å². The maximum atomic E-state index is 13.8. The van der Waals surface area contributed by atoms with Crippen molar-refractivity contribution in [2.75, 3.05) is 13.1 Å². The first kappa shape index (κ1) is 26.1. The van der Waals surface area contributed by atoms with Crippen molar-refractivity contribution in [3.8, 4) is 0 Å². The second-order valence-corrected chi connectivity index (χ2v) is 11.6. The van der Waals surface area contributed by atoms with Gasteiger partial charge in [-0.05, 0) is 77.6 Å². The monoisotopic (exact) mass is 506 g/mol. The highest BCUT2D eigenvalue weighted by Crippen LogP contribution is 2.38. The summed E-state index contributed by atoms with van der Waals surface area (Å²) in [5.74, 6) is -0.533. The zero-order valence-corrected chi connectivity index (χ0v) is 22.6. The summed E-state index contributed by atoms with van der Waals surface area (Å²) in [4.78, 5) is 32.2. The number of benzene rings is 2. The standard InChI is InChI=1S/C30H35FN2O2S/c1-6-20(2)33(29(35)22-7-11-23(12-8-22)30(3,4)5)19-27(34)32-17-15-26-25(16-18-36-26)28(32)21-9-13-24(31)14-10-21/h7-14,16,18,20,28H,6,15,17,19H2,1-5H3. The Kier molecular flexibility index (Phi) is 7.65. The van der Waals surface area contributed by atoms with Crippen molar-refractivity contribution < 1.29 is 14.0 Å². The first-order chi connectivity index (χ1) is 17.1. The fraction of sp³-hybridized carbons (Fsp3) is 0.400. The van der Waals surface area contributed by atoms with E-state index < -0.39 is 0 Å². The minimum atomic E-state index is -0.302. The number of thiophene rings is 1. The van der Waals surface area contributed by atoms with Gasteiger partial charge in [0.15, 0.2) is 0 Å². The van der Waals surface area contributed by atoms with Gasteiger partial charge in [-0.15, -0.1) is 11.3 Å². The third-order valence-corrected chi connectivity index (χ3v) is 8.16. The van der Waals surface area contributed by atoms with Crippen molar-refractivity contribution in [2.45, 2.75) is 65.0 Å². The zero-order chi connectivity index (χ0) is 26.0. The number of hydrogen-bond donors (Lipinski definition) is 0. The molecule has 0 aliphatic carbocycles.